The van der Waals surface area contributed by atoms with Crippen LogP contribution in [0.5, 0.6) is 5.75 Å². The highest BCUT2D eigenvalue weighted by Gasteiger charge is 2.39. The predicted molar refractivity (Wildman–Crippen MR) is 113 cm³/mol. The van der Waals surface area contributed by atoms with Crippen LogP contribution in [0.4, 0.5) is 0 Å². The van der Waals surface area contributed by atoms with Gasteiger partial charge in [-0.25, -0.2) is 0 Å². The zero-order valence-corrected chi connectivity index (χ0v) is 17.1. The molecule has 1 heterocycles. The van der Waals surface area contributed by atoms with Crippen molar-refractivity contribution in [3.8, 4) is 11.8 Å². The molecule has 4 rings (SSSR count). The van der Waals surface area contributed by atoms with Gasteiger partial charge in [-0.2, -0.15) is 5.26 Å². The topological polar surface area (TPSA) is 62.1 Å². The van der Waals surface area contributed by atoms with Gasteiger partial charge in [0.15, 0.2) is 5.78 Å². The number of ether oxygens (including phenoxy) is 1. The van der Waals surface area contributed by atoms with Gasteiger partial charge in [0.05, 0.1) is 24.7 Å². The molecule has 2 aliphatic rings. The number of rotatable bonds is 3. The Morgan fingerprint density at radius 3 is 2.52 bits per heavy atom. The summed E-state index contributed by atoms with van der Waals surface area (Å²) in [7, 11) is 1.64. The molecule has 146 valence electrons. The summed E-state index contributed by atoms with van der Waals surface area (Å²) in [6, 6.07) is 17.6. The molecular formula is C24H21ClN2O2. The number of benzene rings is 2. The maximum Gasteiger partial charge on any atom is 0.162 e. The Morgan fingerprint density at radius 2 is 1.86 bits per heavy atom. The van der Waals surface area contributed by atoms with Crippen molar-refractivity contribution in [2.45, 2.75) is 31.6 Å². The van der Waals surface area contributed by atoms with E-state index in [0.717, 1.165) is 28.3 Å². The maximum absolute atomic E-state index is 13.3. The van der Waals surface area contributed by atoms with E-state index in [-0.39, 0.29) is 11.7 Å². The lowest BCUT2D eigenvalue weighted by atomic mass is 9.72. The van der Waals surface area contributed by atoms with Crippen LogP contribution in [-0.2, 0) is 4.79 Å². The van der Waals surface area contributed by atoms with Crippen molar-refractivity contribution >= 4 is 17.4 Å². The number of dihydropyridines is 1. The summed E-state index contributed by atoms with van der Waals surface area (Å²) in [5.74, 6) is 0.518. The molecule has 1 aliphatic carbocycles. The summed E-state index contributed by atoms with van der Waals surface area (Å²) in [5.41, 5.74) is 4.80. The zero-order valence-electron chi connectivity index (χ0n) is 16.3. The summed E-state index contributed by atoms with van der Waals surface area (Å²) in [6.07, 6.45) is 1.12. The molecule has 0 amide bonds. The lowest BCUT2D eigenvalue weighted by molar-refractivity contribution is -0.116. The third kappa shape index (κ3) is 3.43. The third-order valence-corrected chi connectivity index (χ3v) is 6.10. The molecule has 0 spiro atoms. The molecule has 1 aliphatic heterocycles. The molecule has 0 radical (unpaired) electrons. The summed E-state index contributed by atoms with van der Waals surface area (Å²) in [6.45, 7) is 1.88. The number of hydrogen-bond donors (Lipinski definition) is 1. The lowest BCUT2D eigenvalue weighted by Crippen LogP contribution is -2.33. The Hall–Kier alpha value is -3.03. The Morgan fingerprint density at radius 1 is 1.14 bits per heavy atom. The van der Waals surface area contributed by atoms with Crippen LogP contribution in [-0.4, -0.2) is 12.9 Å². The first-order valence-corrected chi connectivity index (χ1v) is 9.93. The Kier molecular flexibility index (Phi) is 5.17. The fourth-order valence-corrected chi connectivity index (χ4v) is 4.56. The summed E-state index contributed by atoms with van der Waals surface area (Å²) in [4.78, 5) is 13.3. The number of hydrogen-bond acceptors (Lipinski definition) is 4. The average Bonchev–Trinajstić information content (AvgIpc) is 2.73. The van der Waals surface area contributed by atoms with E-state index in [2.05, 4.69) is 11.4 Å². The lowest BCUT2D eigenvalue weighted by Gasteiger charge is -2.36. The van der Waals surface area contributed by atoms with Crippen molar-refractivity contribution in [1.82, 2.24) is 5.32 Å². The number of halogens is 1. The Balaban J connectivity index is 1.76. The minimum Gasteiger partial charge on any atom is -0.497 e. The van der Waals surface area contributed by atoms with Gasteiger partial charge >= 0.3 is 0 Å². The molecule has 5 heteroatoms. The monoisotopic (exact) mass is 404 g/mol. The molecule has 2 unspecified atom stereocenters. The van der Waals surface area contributed by atoms with E-state index in [9.17, 15) is 10.1 Å². The number of carbonyl (C=O) groups excluding carboxylic acids is 1. The first-order chi connectivity index (χ1) is 14.0. The third-order valence-electron chi connectivity index (χ3n) is 5.75. The van der Waals surface area contributed by atoms with Gasteiger partial charge in [0, 0.05) is 28.4 Å². The first-order valence-electron chi connectivity index (χ1n) is 9.56. The van der Waals surface area contributed by atoms with Crippen molar-refractivity contribution in [2.24, 2.45) is 0 Å². The fourth-order valence-electron chi connectivity index (χ4n) is 4.32. The number of Topliss-reactive ketones (excluding diaryl/α,β-unsaturated/α-hetero) is 1. The van der Waals surface area contributed by atoms with Crippen molar-refractivity contribution in [1.29, 1.82) is 5.26 Å². The number of nitriles is 1. The second-order valence-electron chi connectivity index (χ2n) is 7.42. The fraction of sp³-hybridized carbons (Fsp3) is 0.250. The van der Waals surface area contributed by atoms with Gasteiger partial charge in [0.1, 0.15) is 5.75 Å². The number of methoxy groups -OCH3 is 1. The highest BCUT2D eigenvalue weighted by molar-refractivity contribution is 6.31. The van der Waals surface area contributed by atoms with Crippen LogP contribution in [0.2, 0.25) is 5.02 Å². The Bertz CT molecular complexity index is 1080. The second kappa shape index (κ2) is 7.77. The van der Waals surface area contributed by atoms with E-state index in [4.69, 9.17) is 16.3 Å². The minimum atomic E-state index is -0.422. The average molecular weight is 405 g/mol. The SMILES string of the molecule is COc1ccc(C2CC(=O)C3=C(C2)NC(C)=C(C#N)C3c2ccccc2Cl)cc1. The molecule has 0 bridgehead atoms. The van der Waals surface area contributed by atoms with Gasteiger partial charge in [-0.15, -0.1) is 0 Å². The van der Waals surface area contributed by atoms with E-state index in [1.165, 1.54) is 0 Å². The van der Waals surface area contributed by atoms with Gasteiger partial charge in [0.25, 0.3) is 0 Å². The van der Waals surface area contributed by atoms with E-state index < -0.39 is 5.92 Å². The van der Waals surface area contributed by atoms with Crippen LogP contribution < -0.4 is 10.1 Å². The second-order valence-corrected chi connectivity index (χ2v) is 7.83. The molecular weight excluding hydrogens is 384 g/mol. The number of allylic oxidation sites excluding steroid dienone is 4. The number of nitrogens with one attached hydrogen (secondary N) is 1. The zero-order chi connectivity index (χ0) is 20.5. The van der Waals surface area contributed by atoms with Crippen LogP contribution in [0, 0.1) is 11.3 Å². The van der Waals surface area contributed by atoms with Crippen molar-refractivity contribution < 1.29 is 9.53 Å². The van der Waals surface area contributed by atoms with Crippen molar-refractivity contribution in [3.05, 3.63) is 87.2 Å². The molecule has 2 aromatic carbocycles. The molecule has 29 heavy (non-hydrogen) atoms. The van der Waals surface area contributed by atoms with Crippen LogP contribution >= 0.6 is 11.6 Å². The van der Waals surface area contributed by atoms with Crippen LogP contribution in [0.15, 0.2) is 71.1 Å². The van der Waals surface area contributed by atoms with Gasteiger partial charge in [-0.1, -0.05) is 41.9 Å². The highest BCUT2D eigenvalue weighted by atomic mass is 35.5. The molecule has 2 aromatic rings. The molecule has 4 nitrogen and oxygen atoms in total. The molecule has 1 N–H and O–H groups in total. The molecule has 0 saturated carbocycles. The predicted octanol–water partition coefficient (Wildman–Crippen LogP) is 5.23. The van der Waals surface area contributed by atoms with Crippen molar-refractivity contribution in [2.75, 3.05) is 7.11 Å². The van der Waals surface area contributed by atoms with Crippen LogP contribution in [0.3, 0.4) is 0 Å². The summed E-state index contributed by atoms with van der Waals surface area (Å²) in [5, 5.41) is 13.7. The van der Waals surface area contributed by atoms with E-state index in [1.54, 1.807) is 13.2 Å². The molecule has 0 fully saturated rings. The molecule has 2 atom stereocenters. The minimum absolute atomic E-state index is 0.0599. The van der Waals surface area contributed by atoms with Gasteiger partial charge in [-0.3, -0.25) is 4.79 Å². The van der Waals surface area contributed by atoms with E-state index >= 15 is 0 Å². The van der Waals surface area contributed by atoms with Gasteiger partial charge in [-0.05, 0) is 48.6 Å². The maximum atomic E-state index is 13.3. The van der Waals surface area contributed by atoms with Crippen LogP contribution in [0.1, 0.15) is 42.7 Å². The van der Waals surface area contributed by atoms with Gasteiger partial charge < -0.3 is 10.1 Å². The normalized spacial score (nSPS) is 21.4. The quantitative estimate of drug-likeness (QED) is 0.760. The smallest absolute Gasteiger partial charge is 0.162 e. The number of nitrogens with zero attached hydrogens (tertiary/aromatic N) is 1. The standard InChI is InChI=1S/C24H21ClN2O2/c1-14-19(13-26)23(18-5-3-4-6-20(18)25)24-21(27-14)11-16(12-22(24)28)15-7-9-17(29-2)10-8-15/h3-10,16,23,27H,11-12H2,1-2H3. The Labute approximate surface area is 175 Å². The molecule has 0 aromatic heterocycles. The number of ketones is 1. The number of carbonyl (C=O) groups is 1. The molecule has 0 saturated heterocycles. The van der Waals surface area contributed by atoms with Crippen LogP contribution in [0.25, 0.3) is 0 Å². The van der Waals surface area contributed by atoms with Gasteiger partial charge in [0.2, 0.25) is 0 Å². The first kappa shape index (κ1) is 19.3. The summed E-state index contributed by atoms with van der Waals surface area (Å²) >= 11 is 6.46. The largest absolute Gasteiger partial charge is 0.497 e. The van der Waals surface area contributed by atoms with Crippen molar-refractivity contribution in [3.63, 3.8) is 0 Å². The highest BCUT2D eigenvalue weighted by Crippen LogP contribution is 2.46. The van der Waals surface area contributed by atoms with E-state index in [1.807, 2.05) is 49.4 Å². The summed E-state index contributed by atoms with van der Waals surface area (Å²) < 4.78 is 5.24. The van der Waals surface area contributed by atoms with E-state index in [0.29, 0.717) is 29.0 Å².